The lowest BCUT2D eigenvalue weighted by Gasteiger charge is -2.32. The van der Waals surface area contributed by atoms with Crippen LogP contribution in [0.1, 0.15) is 22.3 Å². The second-order valence-corrected chi connectivity index (χ2v) is 14.0. The van der Waals surface area contributed by atoms with Crippen LogP contribution in [0.2, 0.25) is 0 Å². The first-order chi connectivity index (χ1) is 26.3. The number of ether oxygens (including phenoxy) is 2. The molecule has 0 N–H and O–H groups in total. The molecule has 0 fully saturated rings. The van der Waals surface area contributed by atoms with Crippen molar-refractivity contribution in [3.63, 3.8) is 0 Å². The second-order valence-electron chi connectivity index (χ2n) is 14.0. The average molecular weight is 680 g/mol. The summed E-state index contributed by atoms with van der Waals surface area (Å²) in [6.07, 6.45) is 0. The summed E-state index contributed by atoms with van der Waals surface area (Å²) in [7, 11) is 0. The lowest BCUT2D eigenvalue weighted by atomic mass is 9.70. The second kappa shape index (κ2) is 10.5. The molecule has 1 aliphatic heterocycles. The van der Waals surface area contributed by atoms with Gasteiger partial charge >= 0.3 is 0 Å². The fourth-order valence-electron chi connectivity index (χ4n) is 9.26. The third-order valence-electron chi connectivity index (χ3n) is 11.3. The Labute approximate surface area is 305 Å². The topological polar surface area (TPSA) is 34.8 Å². The molecule has 248 valence electrons. The van der Waals surface area contributed by atoms with E-state index in [9.17, 15) is 0 Å². The Bertz CT molecular complexity index is 2930. The fraction of sp³-hybridized carbons (Fsp3) is 0.0204. The molecule has 9 aromatic rings. The predicted octanol–water partition coefficient (Wildman–Crippen LogP) is 13.3. The zero-order valence-electron chi connectivity index (χ0n) is 28.4. The smallest absolute Gasteiger partial charge is 0.194 e. The molecule has 3 aliphatic rings. The minimum atomic E-state index is -0.476. The van der Waals surface area contributed by atoms with Gasteiger partial charge in [-0.25, -0.2) is 0 Å². The largest absolute Gasteiger partial charge is 0.456 e. The molecule has 4 nitrogen and oxygen atoms in total. The molecule has 1 spiro atoms. The number of rotatable bonds is 3. The quantitative estimate of drug-likeness (QED) is 0.186. The minimum Gasteiger partial charge on any atom is -0.456 e. The van der Waals surface area contributed by atoms with Gasteiger partial charge in [-0.3, -0.25) is 0 Å². The van der Waals surface area contributed by atoms with Crippen molar-refractivity contribution in [1.82, 2.24) is 0 Å². The SMILES string of the molecule is c1ccc(N(c2ccc3oc4ccccc4c3c2)c2cccc3c2Oc2c(ccc4c2-c2ccccc2C42c4ccccc4-c4ccccc42)O3)cc1. The van der Waals surface area contributed by atoms with Gasteiger partial charge in [-0.1, -0.05) is 121 Å². The molecule has 2 aliphatic carbocycles. The molecule has 0 amide bonds. The zero-order chi connectivity index (χ0) is 34.7. The number of anilines is 3. The molecule has 0 bridgehead atoms. The van der Waals surface area contributed by atoms with Gasteiger partial charge in [0.05, 0.1) is 11.1 Å². The number of nitrogens with zero attached hydrogens (tertiary/aromatic N) is 1. The maximum Gasteiger partial charge on any atom is 0.194 e. The van der Waals surface area contributed by atoms with Crippen molar-refractivity contribution in [3.05, 3.63) is 198 Å². The van der Waals surface area contributed by atoms with Crippen LogP contribution in [0, 0.1) is 0 Å². The number of benzene rings is 8. The lowest BCUT2D eigenvalue weighted by Crippen LogP contribution is -2.25. The van der Waals surface area contributed by atoms with Crippen LogP contribution in [-0.4, -0.2) is 0 Å². The van der Waals surface area contributed by atoms with Crippen LogP contribution < -0.4 is 14.4 Å². The first-order valence-electron chi connectivity index (χ1n) is 18.0. The van der Waals surface area contributed by atoms with Crippen LogP contribution in [0.25, 0.3) is 44.2 Å². The summed E-state index contributed by atoms with van der Waals surface area (Å²) in [5, 5.41) is 2.14. The number of hydrogen-bond donors (Lipinski definition) is 0. The highest BCUT2D eigenvalue weighted by molar-refractivity contribution is 6.07. The van der Waals surface area contributed by atoms with Crippen molar-refractivity contribution < 1.29 is 13.9 Å². The molecule has 1 aromatic heterocycles. The van der Waals surface area contributed by atoms with Crippen LogP contribution in [0.5, 0.6) is 23.0 Å². The van der Waals surface area contributed by atoms with Gasteiger partial charge in [-0.2, -0.15) is 0 Å². The van der Waals surface area contributed by atoms with Crippen molar-refractivity contribution in [2.24, 2.45) is 0 Å². The molecule has 4 heteroatoms. The van der Waals surface area contributed by atoms with Gasteiger partial charge in [0.15, 0.2) is 23.0 Å². The number of fused-ring (bicyclic) bond motifs is 16. The van der Waals surface area contributed by atoms with E-state index in [1.807, 2.05) is 30.3 Å². The third-order valence-corrected chi connectivity index (χ3v) is 11.3. The summed E-state index contributed by atoms with van der Waals surface area (Å²) in [5.41, 5.74) is 13.9. The molecule has 0 unspecified atom stereocenters. The van der Waals surface area contributed by atoms with E-state index in [0.29, 0.717) is 17.2 Å². The van der Waals surface area contributed by atoms with Crippen LogP contribution >= 0.6 is 0 Å². The number of hydrogen-bond acceptors (Lipinski definition) is 4. The first kappa shape index (κ1) is 28.6. The van der Waals surface area contributed by atoms with E-state index in [0.717, 1.165) is 55.9 Å². The molecule has 53 heavy (non-hydrogen) atoms. The third kappa shape index (κ3) is 3.74. The Morgan fingerprint density at radius 2 is 1.04 bits per heavy atom. The van der Waals surface area contributed by atoms with Crippen molar-refractivity contribution in [1.29, 1.82) is 0 Å². The predicted molar refractivity (Wildman–Crippen MR) is 211 cm³/mol. The molecular weight excluding hydrogens is 651 g/mol. The molecule has 2 heterocycles. The maximum absolute atomic E-state index is 7.27. The average Bonchev–Trinajstić information content (AvgIpc) is 3.85. The summed E-state index contributed by atoms with van der Waals surface area (Å²) in [6, 6.07) is 62.0. The van der Waals surface area contributed by atoms with Crippen molar-refractivity contribution in [3.8, 4) is 45.3 Å². The van der Waals surface area contributed by atoms with Gasteiger partial charge in [-0.05, 0) is 93.5 Å². The summed E-state index contributed by atoms with van der Waals surface area (Å²) < 4.78 is 20.3. The van der Waals surface area contributed by atoms with Crippen molar-refractivity contribution in [2.75, 3.05) is 4.90 Å². The van der Waals surface area contributed by atoms with E-state index < -0.39 is 5.41 Å². The molecule has 12 rings (SSSR count). The van der Waals surface area contributed by atoms with Crippen LogP contribution in [0.15, 0.2) is 180 Å². The summed E-state index contributed by atoms with van der Waals surface area (Å²) in [6.45, 7) is 0. The first-order valence-corrected chi connectivity index (χ1v) is 18.0. The number of furan rings is 1. The van der Waals surface area contributed by atoms with Gasteiger partial charge in [0.25, 0.3) is 0 Å². The van der Waals surface area contributed by atoms with Crippen molar-refractivity contribution in [2.45, 2.75) is 5.41 Å². The molecule has 0 saturated heterocycles. The Morgan fingerprint density at radius 3 is 1.83 bits per heavy atom. The van der Waals surface area contributed by atoms with E-state index in [4.69, 9.17) is 13.9 Å². The van der Waals surface area contributed by atoms with E-state index in [1.54, 1.807) is 0 Å². The van der Waals surface area contributed by atoms with E-state index >= 15 is 0 Å². The minimum absolute atomic E-state index is 0.476. The van der Waals surface area contributed by atoms with Crippen LogP contribution in [0.3, 0.4) is 0 Å². The Hall–Kier alpha value is -7.04. The monoisotopic (exact) mass is 679 g/mol. The van der Waals surface area contributed by atoms with E-state index in [-0.39, 0.29) is 0 Å². The van der Waals surface area contributed by atoms with E-state index in [1.165, 1.54) is 33.4 Å². The van der Waals surface area contributed by atoms with Crippen LogP contribution in [-0.2, 0) is 5.41 Å². The Morgan fingerprint density at radius 1 is 0.396 bits per heavy atom. The standard InChI is InChI=1S/C49H29NO3/c1-2-13-30(14-3-1)50(31-25-27-43-36(29-31)34-17-7-11-23-42(34)51-43)41-22-12-24-44-47(41)53-48-45(52-44)28-26-40-46(48)35-18-6-10-21-39(35)49(40)37-19-8-4-15-32(37)33-16-5-9-20-38(33)49/h1-29H. The normalized spacial score (nSPS) is 13.7. The maximum atomic E-state index is 7.27. The summed E-state index contributed by atoms with van der Waals surface area (Å²) in [5.74, 6) is 2.78. The van der Waals surface area contributed by atoms with Gasteiger partial charge in [0.2, 0.25) is 0 Å². The molecule has 0 atom stereocenters. The zero-order valence-corrected chi connectivity index (χ0v) is 28.4. The van der Waals surface area contributed by atoms with Gasteiger partial charge in [0, 0.05) is 27.7 Å². The molecule has 0 radical (unpaired) electrons. The van der Waals surface area contributed by atoms with Gasteiger partial charge in [-0.15, -0.1) is 0 Å². The Balaban J connectivity index is 1.08. The van der Waals surface area contributed by atoms with Gasteiger partial charge < -0.3 is 18.8 Å². The van der Waals surface area contributed by atoms with E-state index in [2.05, 4.69) is 150 Å². The summed E-state index contributed by atoms with van der Waals surface area (Å²) >= 11 is 0. The highest BCUT2D eigenvalue weighted by atomic mass is 16.6. The summed E-state index contributed by atoms with van der Waals surface area (Å²) in [4.78, 5) is 2.25. The van der Waals surface area contributed by atoms with Crippen molar-refractivity contribution >= 4 is 39.0 Å². The fourth-order valence-corrected chi connectivity index (χ4v) is 9.26. The van der Waals surface area contributed by atoms with Crippen LogP contribution in [0.4, 0.5) is 17.1 Å². The molecular formula is C49H29NO3. The highest BCUT2D eigenvalue weighted by Gasteiger charge is 2.53. The number of para-hydroxylation sites is 3. The molecule has 0 saturated carbocycles. The highest BCUT2D eigenvalue weighted by Crippen LogP contribution is 2.66. The Kier molecular flexibility index (Phi) is 5.67. The van der Waals surface area contributed by atoms with Gasteiger partial charge in [0.1, 0.15) is 11.2 Å². The lowest BCUT2D eigenvalue weighted by molar-refractivity contribution is 0.361. The molecule has 8 aromatic carbocycles.